The zero-order valence-corrected chi connectivity index (χ0v) is 12.8. The molecule has 2 aromatic rings. The predicted molar refractivity (Wildman–Crippen MR) is 85.0 cm³/mol. The first-order chi connectivity index (χ1) is 9.79. The molecule has 3 heteroatoms. The highest BCUT2D eigenvalue weighted by Gasteiger charge is 2.25. The maximum Gasteiger partial charge on any atom is 0.129 e. The largest absolute Gasteiger partial charge is 0.371 e. The van der Waals surface area contributed by atoms with Gasteiger partial charge in [-0.15, -0.1) is 0 Å². The molecule has 0 bridgehead atoms. The van der Waals surface area contributed by atoms with E-state index in [4.69, 9.17) is 0 Å². The number of hydrogen-bond donors (Lipinski definition) is 0. The highest BCUT2D eigenvalue weighted by Crippen LogP contribution is 2.33. The summed E-state index contributed by atoms with van der Waals surface area (Å²) in [7, 11) is 0. The molecule has 1 nitrogen and oxygen atoms in total. The van der Waals surface area contributed by atoms with E-state index in [1.165, 1.54) is 11.6 Å². The van der Waals surface area contributed by atoms with E-state index in [1.807, 2.05) is 12.1 Å². The van der Waals surface area contributed by atoms with Gasteiger partial charge in [0.1, 0.15) is 5.82 Å². The summed E-state index contributed by atoms with van der Waals surface area (Å²) in [6.07, 6.45) is 1.13. The average molecular weight is 334 g/mol. The van der Waals surface area contributed by atoms with Crippen LogP contribution >= 0.6 is 15.9 Å². The third-order valence-corrected chi connectivity index (χ3v) is 4.59. The molecule has 1 aliphatic heterocycles. The van der Waals surface area contributed by atoms with E-state index in [9.17, 15) is 4.39 Å². The first kappa shape index (κ1) is 13.6. The second-order valence-corrected chi connectivity index (χ2v) is 5.77. The number of hydrogen-bond acceptors (Lipinski definition) is 1. The lowest BCUT2D eigenvalue weighted by molar-refractivity contribution is 0.617. The van der Waals surface area contributed by atoms with Gasteiger partial charge in [-0.3, -0.25) is 0 Å². The molecule has 1 atom stereocenters. The molecule has 1 saturated heterocycles. The fourth-order valence-electron chi connectivity index (χ4n) is 2.95. The summed E-state index contributed by atoms with van der Waals surface area (Å²) in [5, 5.41) is 0.557. The molecule has 1 aliphatic rings. The second kappa shape index (κ2) is 5.96. The van der Waals surface area contributed by atoms with Crippen molar-refractivity contribution in [3.05, 3.63) is 65.5 Å². The Morgan fingerprint density at radius 3 is 2.65 bits per heavy atom. The van der Waals surface area contributed by atoms with Gasteiger partial charge in [-0.1, -0.05) is 52.3 Å². The van der Waals surface area contributed by atoms with Crippen molar-refractivity contribution >= 4 is 21.6 Å². The Morgan fingerprint density at radius 2 is 1.90 bits per heavy atom. The van der Waals surface area contributed by atoms with Crippen LogP contribution in [0.5, 0.6) is 0 Å². The van der Waals surface area contributed by atoms with Crippen LogP contribution in [0.3, 0.4) is 0 Å². The molecule has 0 N–H and O–H groups in total. The van der Waals surface area contributed by atoms with Crippen LogP contribution in [0.2, 0.25) is 0 Å². The lowest BCUT2D eigenvalue weighted by Gasteiger charge is -2.22. The summed E-state index contributed by atoms with van der Waals surface area (Å²) >= 11 is 3.40. The number of benzene rings is 2. The van der Waals surface area contributed by atoms with Crippen molar-refractivity contribution in [3.63, 3.8) is 0 Å². The summed E-state index contributed by atoms with van der Waals surface area (Å²) in [5.74, 6) is 0.421. The van der Waals surface area contributed by atoms with Crippen molar-refractivity contribution in [1.82, 2.24) is 0 Å². The SMILES string of the molecule is Fc1cccc(N2CCC(c3ccccc3)C2)c1CBr. The molecule has 1 unspecified atom stereocenters. The second-order valence-electron chi connectivity index (χ2n) is 5.21. The topological polar surface area (TPSA) is 3.24 Å². The third kappa shape index (κ3) is 2.59. The van der Waals surface area contributed by atoms with Crippen LogP contribution in [0.4, 0.5) is 10.1 Å². The Hall–Kier alpha value is -1.35. The monoisotopic (exact) mass is 333 g/mol. The van der Waals surface area contributed by atoms with E-state index in [0.717, 1.165) is 30.8 Å². The lowest BCUT2D eigenvalue weighted by atomic mass is 9.99. The van der Waals surface area contributed by atoms with Crippen molar-refractivity contribution in [2.75, 3.05) is 18.0 Å². The van der Waals surface area contributed by atoms with E-state index in [1.54, 1.807) is 6.07 Å². The minimum atomic E-state index is -0.123. The average Bonchev–Trinajstić information content (AvgIpc) is 2.97. The van der Waals surface area contributed by atoms with Gasteiger partial charge in [0.05, 0.1) is 0 Å². The van der Waals surface area contributed by atoms with E-state index in [2.05, 4.69) is 45.1 Å². The minimum Gasteiger partial charge on any atom is -0.371 e. The molecular weight excluding hydrogens is 317 g/mol. The predicted octanol–water partition coefficient (Wildman–Crippen LogP) is 4.71. The lowest BCUT2D eigenvalue weighted by Crippen LogP contribution is -2.20. The summed E-state index contributed by atoms with van der Waals surface area (Å²) in [5.41, 5.74) is 3.17. The molecule has 3 rings (SSSR count). The van der Waals surface area contributed by atoms with Crippen molar-refractivity contribution in [1.29, 1.82) is 0 Å². The van der Waals surface area contributed by atoms with Crippen LogP contribution in [0.1, 0.15) is 23.5 Å². The molecule has 1 heterocycles. The summed E-state index contributed by atoms with van der Waals surface area (Å²) in [4.78, 5) is 2.30. The number of halogens is 2. The molecule has 1 fully saturated rings. The van der Waals surface area contributed by atoms with Crippen LogP contribution in [0, 0.1) is 5.82 Å². The van der Waals surface area contributed by atoms with Crippen molar-refractivity contribution in [3.8, 4) is 0 Å². The first-order valence-electron chi connectivity index (χ1n) is 6.93. The molecule has 0 spiro atoms. The minimum absolute atomic E-state index is 0.123. The zero-order valence-electron chi connectivity index (χ0n) is 11.2. The smallest absolute Gasteiger partial charge is 0.129 e. The third-order valence-electron chi connectivity index (χ3n) is 4.03. The molecule has 0 aliphatic carbocycles. The molecule has 0 aromatic heterocycles. The van der Waals surface area contributed by atoms with Crippen molar-refractivity contribution in [2.24, 2.45) is 0 Å². The quantitative estimate of drug-likeness (QED) is 0.735. The molecule has 0 amide bonds. The van der Waals surface area contributed by atoms with Gasteiger partial charge in [-0.25, -0.2) is 4.39 Å². The van der Waals surface area contributed by atoms with E-state index >= 15 is 0 Å². The first-order valence-corrected chi connectivity index (χ1v) is 8.05. The normalized spacial score (nSPS) is 18.5. The maximum absolute atomic E-state index is 13.9. The van der Waals surface area contributed by atoms with Gasteiger partial charge >= 0.3 is 0 Å². The number of anilines is 1. The fraction of sp³-hybridized carbons (Fsp3) is 0.294. The Balaban J connectivity index is 1.83. The van der Waals surface area contributed by atoms with E-state index in [0.29, 0.717) is 11.2 Å². The van der Waals surface area contributed by atoms with E-state index in [-0.39, 0.29) is 5.82 Å². The molecule has 0 saturated carbocycles. The number of rotatable bonds is 3. The maximum atomic E-state index is 13.9. The van der Waals surface area contributed by atoms with E-state index < -0.39 is 0 Å². The number of nitrogens with zero attached hydrogens (tertiary/aromatic N) is 1. The Kier molecular flexibility index (Phi) is 4.06. The van der Waals surface area contributed by atoms with Crippen molar-refractivity contribution in [2.45, 2.75) is 17.7 Å². The fourth-order valence-corrected chi connectivity index (χ4v) is 3.51. The van der Waals surface area contributed by atoms with Crippen LogP contribution in [-0.4, -0.2) is 13.1 Å². The number of alkyl halides is 1. The van der Waals surface area contributed by atoms with Gasteiger partial charge in [0.25, 0.3) is 0 Å². The molecule has 20 heavy (non-hydrogen) atoms. The van der Waals surface area contributed by atoms with Crippen LogP contribution in [0.25, 0.3) is 0 Å². The van der Waals surface area contributed by atoms with Crippen molar-refractivity contribution < 1.29 is 4.39 Å². The van der Waals surface area contributed by atoms with Crippen LogP contribution < -0.4 is 4.90 Å². The van der Waals surface area contributed by atoms with Gasteiger partial charge in [0, 0.05) is 35.6 Å². The standard InChI is InChI=1S/C17H17BrFN/c18-11-15-16(19)7-4-8-17(15)20-10-9-14(12-20)13-5-2-1-3-6-13/h1-8,14H,9-12H2. The van der Waals surface area contributed by atoms with Crippen LogP contribution in [-0.2, 0) is 5.33 Å². The molecule has 104 valence electrons. The summed E-state index contributed by atoms with van der Waals surface area (Å²) in [6, 6.07) is 15.9. The van der Waals surface area contributed by atoms with Gasteiger partial charge in [0.15, 0.2) is 0 Å². The van der Waals surface area contributed by atoms with Gasteiger partial charge in [-0.2, -0.15) is 0 Å². The zero-order chi connectivity index (χ0) is 13.9. The summed E-state index contributed by atoms with van der Waals surface area (Å²) < 4.78 is 13.9. The molecular formula is C17H17BrFN. The Bertz CT molecular complexity index is 585. The Labute approximate surface area is 127 Å². The van der Waals surface area contributed by atoms with Gasteiger partial charge < -0.3 is 4.90 Å². The van der Waals surface area contributed by atoms with Crippen LogP contribution in [0.15, 0.2) is 48.5 Å². The molecule has 0 radical (unpaired) electrons. The highest BCUT2D eigenvalue weighted by molar-refractivity contribution is 9.08. The highest BCUT2D eigenvalue weighted by atomic mass is 79.9. The Morgan fingerprint density at radius 1 is 1.10 bits per heavy atom. The summed E-state index contributed by atoms with van der Waals surface area (Å²) in [6.45, 7) is 1.95. The van der Waals surface area contributed by atoms with Gasteiger partial charge in [-0.05, 0) is 24.1 Å². The molecule has 2 aromatic carbocycles. The van der Waals surface area contributed by atoms with Gasteiger partial charge in [0.2, 0.25) is 0 Å².